The van der Waals surface area contributed by atoms with E-state index >= 15 is 0 Å². The Morgan fingerprint density at radius 2 is 1.97 bits per heavy atom. The van der Waals surface area contributed by atoms with Crippen molar-refractivity contribution in [2.45, 2.75) is 26.1 Å². The van der Waals surface area contributed by atoms with Gasteiger partial charge in [0.25, 0.3) is 0 Å². The number of aryl methyl sites for hydroxylation is 1. The fourth-order valence-corrected chi connectivity index (χ4v) is 4.61. The summed E-state index contributed by atoms with van der Waals surface area (Å²) < 4.78 is 41.6. The number of carbonyl (C=O) groups is 1. The average Bonchev–Trinajstić information content (AvgIpc) is 3.44. The molecule has 0 N–H and O–H groups in total. The molecule has 4 aromatic rings. The molecule has 1 amide bonds. The van der Waals surface area contributed by atoms with Gasteiger partial charge in [0, 0.05) is 23.2 Å². The van der Waals surface area contributed by atoms with Crippen LogP contribution in [-0.4, -0.2) is 27.0 Å². The van der Waals surface area contributed by atoms with E-state index in [-0.39, 0.29) is 11.0 Å². The zero-order valence-electron chi connectivity index (χ0n) is 16.5. The van der Waals surface area contributed by atoms with Gasteiger partial charge in [-0.15, -0.1) is 11.3 Å². The Bertz CT molecular complexity index is 1310. The Hall–Kier alpha value is -3.20. The van der Waals surface area contributed by atoms with Crippen LogP contribution in [0.3, 0.4) is 0 Å². The maximum atomic E-state index is 13.5. The van der Waals surface area contributed by atoms with Gasteiger partial charge in [-0.1, -0.05) is 18.2 Å². The molecule has 5 nitrogen and oxygen atoms in total. The normalized spacial score (nSPS) is 13.7. The number of anilines is 1. The second kappa shape index (κ2) is 7.19. The molecule has 3 heterocycles. The zero-order valence-corrected chi connectivity index (χ0v) is 17.3. The average molecular weight is 442 g/mol. The Morgan fingerprint density at radius 3 is 2.71 bits per heavy atom. The van der Waals surface area contributed by atoms with Crippen molar-refractivity contribution >= 4 is 34.0 Å². The molecule has 0 bridgehead atoms. The third-order valence-corrected chi connectivity index (χ3v) is 6.17. The molecule has 1 aliphatic heterocycles. The standard InChI is InChI=1S/C22H17F3N4OS/c1-13-26-17(12-31-13)14-6-7-18-15(10-14)8-9-28(18)20(30)11-29-19-5-3-2-4-16(19)27-21(29)22(23,24)25/h2-7,10,12H,8-9,11H2,1H3. The maximum Gasteiger partial charge on any atom is 0.449 e. The summed E-state index contributed by atoms with van der Waals surface area (Å²) >= 11 is 1.57. The van der Waals surface area contributed by atoms with Gasteiger partial charge in [0.15, 0.2) is 0 Å². The zero-order chi connectivity index (χ0) is 21.8. The Labute approximate surface area is 179 Å². The van der Waals surface area contributed by atoms with Crippen molar-refractivity contribution < 1.29 is 18.0 Å². The molecule has 2 aromatic heterocycles. The maximum absolute atomic E-state index is 13.5. The van der Waals surface area contributed by atoms with E-state index in [4.69, 9.17) is 0 Å². The van der Waals surface area contributed by atoms with Crippen molar-refractivity contribution in [1.82, 2.24) is 14.5 Å². The van der Waals surface area contributed by atoms with E-state index in [1.54, 1.807) is 34.4 Å². The van der Waals surface area contributed by atoms with Crippen molar-refractivity contribution in [3.63, 3.8) is 0 Å². The van der Waals surface area contributed by atoms with E-state index in [0.29, 0.717) is 13.0 Å². The summed E-state index contributed by atoms with van der Waals surface area (Å²) in [6, 6.07) is 12.1. The van der Waals surface area contributed by atoms with Crippen LogP contribution < -0.4 is 4.90 Å². The van der Waals surface area contributed by atoms with Gasteiger partial charge in [0.05, 0.1) is 21.7 Å². The minimum atomic E-state index is -4.65. The number of benzene rings is 2. The van der Waals surface area contributed by atoms with Gasteiger partial charge in [-0.05, 0) is 43.2 Å². The number of carbonyl (C=O) groups excluding carboxylic acids is 1. The Kier molecular flexibility index (Phi) is 4.58. The molecule has 0 radical (unpaired) electrons. The molecule has 0 saturated carbocycles. The van der Waals surface area contributed by atoms with Crippen molar-refractivity contribution in [3.8, 4) is 11.3 Å². The highest BCUT2D eigenvalue weighted by atomic mass is 32.1. The van der Waals surface area contributed by atoms with Gasteiger partial charge in [-0.3, -0.25) is 4.79 Å². The van der Waals surface area contributed by atoms with E-state index in [2.05, 4.69) is 9.97 Å². The van der Waals surface area contributed by atoms with E-state index in [0.717, 1.165) is 32.1 Å². The molecule has 1 aliphatic rings. The van der Waals surface area contributed by atoms with Crippen LogP contribution in [0.25, 0.3) is 22.3 Å². The monoisotopic (exact) mass is 442 g/mol. The van der Waals surface area contributed by atoms with Crippen molar-refractivity contribution in [3.05, 3.63) is 64.2 Å². The number of thiazole rings is 1. The molecule has 5 rings (SSSR count). The molecule has 0 atom stereocenters. The fourth-order valence-electron chi connectivity index (χ4n) is 3.99. The first kappa shape index (κ1) is 19.7. The van der Waals surface area contributed by atoms with Crippen LogP contribution >= 0.6 is 11.3 Å². The molecule has 9 heteroatoms. The number of fused-ring (bicyclic) bond motifs is 2. The van der Waals surface area contributed by atoms with Crippen LogP contribution in [0.4, 0.5) is 18.9 Å². The predicted molar refractivity (Wildman–Crippen MR) is 113 cm³/mol. The van der Waals surface area contributed by atoms with Crippen molar-refractivity contribution in [2.75, 3.05) is 11.4 Å². The molecule has 0 aliphatic carbocycles. The van der Waals surface area contributed by atoms with Crippen LogP contribution in [-0.2, 0) is 23.9 Å². The Morgan fingerprint density at radius 1 is 1.16 bits per heavy atom. The molecule has 158 valence electrons. The lowest BCUT2D eigenvalue weighted by Crippen LogP contribution is -2.33. The highest BCUT2D eigenvalue weighted by molar-refractivity contribution is 7.09. The molecule has 0 unspecified atom stereocenters. The minimum Gasteiger partial charge on any atom is -0.311 e. The van der Waals surface area contributed by atoms with E-state index in [1.165, 1.54) is 6.07 Å². The summed E-state index contributed by atoms with van der Waals surface area (Å²) in [5.41, 5.74) is 4.08. The minimum absolute atomic E-state index is 0.215. The second-order valence-corrected chi connectivity index (χ2v) is 8.46. The highest BCUT2D eigenvalue weighted by Gasteiger charge is 2.38. The summed E-state index contributed by atoms with van der Waals surface area (Å²) in [5.74, 6) is -1.46. The third-order valence-electron chi connectivity index (χ3n) is 5.39. The number of amides is 1. The van der Waals surface area contributed by atoms with Crippen LogP contribution in [0.5, 0.6) is 0 Å². The van der Waals surface area contributed by atoms with Crippen LogP contribution in [0.2, 0.25) is 0 Å². The van der Waals surface area contributed by atoms with Crippen molar-refractivity contribution in [1.29, 1.82) is 0 Å². The molecular formula is C22H17F3N4OS. The lowest BCUT2D eigenvalue weighted by atomic mass is 10.1. The number of hydrogen-bond acceptors (Lipinski definition) is 4. The number of imidazole rings is 1. The van der Waals surface area contributed by atoms with Crippen LogP contribution in [0.15, 0.2) is 47.8 Å². The molecule has 0 saturated heterocycles. The van der Waals surface area contributed by atoms with Crippen LogP contribution in [0, 0.1) is 6.92 Å². The quantitative estimate of drug-likeness (QED) is 0.445. The second-order valence-electron chi connectivity index (χ2n) is 7.40. The number of para-hydroxylation sites is 2. The SMILES string of the molecule is Cc1nc(-c2ccc3c(c2)CCN3C(=O)Cn2c(C(F)(F)F)nc3ccccc32)cs1. The number of rotatable bonds is 3. The predicted octanol–water partition coefficient (Wildman–Crippen LogP) is 5.08. The van der Waals surface area contributed by atoms with E-state index in [9.17, 15) is 18.0 Å². The first-order chi connectivity index (χ1) is 14.8. The topological polar surface area (TPSA) is 51.0 Å². The number of nitrogens with zero attached hydrogens (tertiary/aromatic N) is 4. The summed E-state index contributed by atoms with van der Waals surface area (Å²) in [7, 11) is 0. The smallest absolute Gasteiger partial charge is 0.311 e. The largest absolute Gasteiger partial charge is 0.449 e. The number of alkyl halides is 3. The summed E-state index contributed by atoms with van der Waals surface area (Å²) in [5, 5.41) is 2.96. The number of hydrogen-bond donors (Lipinski definition) is 0. The molecular weight excluding hydrogens is 425 g/mol. The molecule has 31 heavy (non-hydrogen) atoms. The van der Waals surface area contributed by atoms with Gasteiger partial charge in [-0.2, -0.15) is 13.2 Å². The number of aromatic nitrogens is 3. The molecule has 0 spiro atoms. The summed E-state index contributed by atoms with van der Waals surface area (Å²) in [6.07, 6.45) is -4.00. The third kappa shape index (κ3) is 3.48. The first-order valence-electron chi connectivity index (χ1n) is 9.69. The van der Waals surface area contributed by atoms with Crippen LogP contribution in [0.1, 0.15) is 16.4 Å². The fraction of sp³-hybridized carbons (Fsp3) is 0.227. The lowest BCUT2D eigenvalue weighted by molar-refractivity contribution is -0.147. The van der Waals surface area contributed by atoms with Gasteiger partial charge in [0.1, 0.15) is 6.54 Å². The number of halogens is 3. The van der Waals surface area contributed by atoms with Gasteiger partial charge >= 0.3 is 6.18 Å². The summed E-state index contributed by atoms with van der Waals surface area (Å²) in [4.78, 5) is 22.8. The van der Waals surface area contributed by atoms with Crippen molar-refractivity contribution in [2.24, 2.45) is 0 Å². The van der Waals surface area contributed by atoms with Gasteiger partial charge in [0.2, 0.25) is 11.7 Å². The Balaban J connectivity index is 1.46. The van der Waals surface area contributed by atoms with E-state index in [1.807, 2.05) is 30.5 Å². The van der Waals surface area contributed by atoms with Gasteiger partial charge in [-0.25, -0.2) is 9.97 Å². The highest BCUT2D eigenvalue weighted by Crippen LogP contribution is 2.34. The first-order valence-corrected chi connectivity index (χ1v) is 10.6. The van der Waals surface area contributed by atoms with E-state index < -0.39 is 24.5 Å². The van der Waals surface area contributed by atoms with Gasteiger partial charge < -0.3 is 9.47 Å². The molecule has 2 aromatic carbocycles. The molecule has 0 fully saturated rings. The lowest BCUT2D eigenvalue weighted by Gasteiger charge is -2.19. The summed E-state index contributed by atoms with van der Waals surface area (Å²) in [6.45, 7) is 1.94.